The molecule has 1 amide bonds. The van der Waals surface area contributed by atoms with Crippen LogP contribution in [0.3, 0.4) is 0 Å². The molecule has 0 aliphatic rings. The largest absolute Gasteiger partial charge is 0.493 e. The summed E-state index contributed by atoms with van der Waals surface area (Å²) in [6.07, 6.45) is 1.47. The van der Waals surface area contributed by atoms with Crippen LogP contribution in [-0.4, -0.2) is 32.9 Å². The number of carbonyl (C=O) groups is 1. The van der Waals surface area contributed by atoms with E-state index in [9.17, 15) is 4.79 Å². The zero-order valence-electron chi connectivity index (χ0n) is 13.3. The van der Waals surface area contributed by atoms with Crippen LogP contribution in [0.4, 0.5) is 0 Å². The summed E-state index contributed by atoms with van der Waals surface area (Å²) in [6, 6.07) is 12.3. The fourth-order valence-electron chi connectivity index (χ4n) is 1.92. The van der Waals surface area contributed by atoms with Crippen molar-refractivity contribution in [2.45, 2.75) is 0 Å². The van der Waals surface area contributed by atoms with Crippen molar-refractivity contribution in [3.8, 4) is 17.2 Å². The first-order valence-corrected chi connectivity index (χ1v) is 7.43. The lowest BCUT2D eigenvalue weighted by atomic mass is 10.2. The molecule has 6 nitrogen and oxygen atoms in total. The second-order valence-corrected chi connectivity index (χ2v) is 5.00. The van der Waals surface area contributed by atoms with Crippen molar-refractivity contribution in [3.63, 3.8) is 0 Å². The van der Waals surface area contributed by atoms with E-state index in [0.717, 1.165) is 0 Å². The van der Waals surface area contributed by atoms with Gasteiger partial charge in [-0.25, -0.2) is 5.43 Å². The number of halogens is 1. The molecule has 0 fully saturated rings. The summed E-state index contributed by atoms with van der Waals surface area (Å²) in [7, 11) is 3.08. The summed E-state index contributed by atoms with van der Waals surface area (Å²) in [5, 5.41) is 4.33. The molecule has 0 radical (unpaired) electrons. The van der Waals surface area contributed by atoms with Crippen molar-refractivity contribution >= 4 is 23.7 Å². The van der Waals surface area contributed by atoms with Crippen LogP contribution in [0.1, 0.15) is 5.56 Å². The highest BCUT2D eigenvalue weighted by molar-refractivity contribution is 6.32. The molecule has 7 heteroatoms. The van der Waals surface area contributed by atoms with Gasteiger partial charge in [0, 0.05) is 5.56 Å². The van der Waals surface area contributed by atoms with E-state index >= 15 is 0 Å². The number of para-hydroxylation sites is 2. The van der Waals surface area contributed by atoms with Gasteiger partial charge in [0.15, 0.2) is 18.1 Å². The molecular formula is C17H17ClN2O4. The number of nitrogens with zero attached hydrogens (tertiary/aromatic N) is 1. The Labute approximate surface area is 145 Å². The molecule has 2 rings (SSSR count). The van der Waals surface area contributed by atoms with E-state index in [1.54, 1.807) is 49.6 Å². The van der Waals surface area contributed by atoms with Gasteiger partial charge < -0.3 is 14.2 Å². The van der Waals surface area contributed by atoms with E-state index in [-0.39, 0.29) is 6.61 Å². The monoisotopic (exact) mass is 348 g/mol. The molecule has 0 aliphatic heterocycles. The van der Waals surface area contributed by atoms with Crippen LogP contribution in [0.2, 0.25) is 5.02 Å². The molecule has 126 valence electrons. The maximum atomic E-state index is 11.7. The molecular weight excluding hydrogens is 332 g/mol. The maximum absolute atomic E-state index is 11.7. The molecule has 2 aromatic carbocycles. The number of ether oxygens (including phenoxy) is 3. The Balaban J connectivity index is 1.92. The van der Waals surface area contributed by atoms with Crippen molar-refractivity contribution in [2.75, 3.05) is 20.8 Å². The van der Waals surface area contributed by atoms with Gasteiger partial charge in [-0.05, 0) is 24.3 Å². The predicted octanol–water partition coefficient (Wildman–Crippen LogP) is 2.89. The van der Waals surface area contributed by atoms with Crippen LogP contribution < -0.4 is 19.6 Å². The minimum Gasteiger partial charge on any atom is -0.493 e. The van der Waals surface area contributed by atoms with Crippen LogP contribution in [0, 0.1) is 0 Å². The molecule has 0 heterocycles. The third kappa shape index (κ3) is 4.63. The van der Waals surface area contributed by atoms with Crippen molar-refractivity contribution in [1.82, 2.24) is 5.43 Å². The second kappa shape index (κ2) is 8.79. The van der Waals surface area contributed by atoms with Gasteiger partial charge in [-0.15, -0.1) is 0 Å². The minimum atomic E-state index is -0.409. The zero-order chi connectivity index (χ0) is 17.4. The quantitative estimate of drug-likeness (QED) is 0.617. The first-order chi connectivity index (χ1) is 11.7. The molecule has 0 unspecified atom stereocenters. The summed E-state index contributed by atoms with van der Waals surface area (Å²) >= 11 is 5.94. The lowest BCUT2D eigenvalue weighted by molar-refractivity contribution is -0.123. The van der Waals surface area contributed by atoms with Crippen molar-refractivity contribution in [1.29, 1.82) is 0 Å². The Morgan fingerprint density at radius 3 is 2.58 bits per heavy atom. The molecule has 1 N–H and O–H groups in total. The number of hydrogen-bond donors (Lipinski definition) is 1. The number of nitrogens with one attached hydrogen (secondary N) is 1. The van der Waals surface area contributed by atoms with Gasteiger partial charge in [0.2, 0.25) is 0 Å². The normalized spacial score (nSPS) is 10.5. The van der Waals surface area contributed by atoms with Gasteiger partial charge in [-0.2, -0.15) is 5.10 Å². The van der Waals surface area contributed by atoms with Gasteiger partial charge in [0.1, 0.15) is 5.75 Å². The molecule has 0 bridgehead atoms. The van der Waals surface area contributed by atoms with E-state index in [1.165, 1.54) is 13.3 Å². The van der Waals surface area contributed by atoms with Crippen LogP contribution in [-0.2, 0) is 4.79 Å². The van der Waals surface area contributed by atoms with Crippen molar-refractivity contribution in [2.24, 2.45) is 5.10 Å². The number of benzene rings is 2. The number of hydrazone groups is 1. The van der Waals surface area contributed by atoms with E-state index in [1.807, 2.05) is 0 Å². The third-order valence-corrected chi connectivity index (χ3v) is 3.33. The predicted molar refractivity (Wildman–Crippen MR) is 92.2 cm³/mol. The standard InChI is InChI=1S/C17H17ClN2O4/c1-22-15-9-5-6-12(17(15)23-2)10-19-20-16(21)11-24-14-8-4-3-7-13(14)18/h3-10H,11H2,1-2H3,(H,20,21)/b19-10+. The number of amides is 1. The molecule has 0 atom stereocenters. The first kappa shape index (κ1) is 17.6. The molecule has 0 aliphatic carbocycles. The van der Waals surface area contributed by atoms with Gasteiger partial charge >= 0.3 is 0 Å². The smallest absolute Gasteiger partial charge is 0.277 e. The Bertz CT molecular complexity index is 734. The highest BCUT2D eigenvalue weighted by Gasteiger charge is 2.08. The molecule has 0 saturated carbocycles. The minimum absolute atomic E-state index is 0.198. The van der Waals surface area contributed by atoms with Crippen molar-refractivity contribution < 1.29 is 19.0 Å². The highest BCUT2D eigenvalue weighted by Crippen LogP contribution is 2.29. The molecule has 0 spiro atoms. The van der Waals surface area contributed by atoms with E-state index in [4.69, 9.17) is 25.8 Å². The summed E-state index contributed by atoms with van der Waals surface area (Å²) in [5.41, 5.74) is 3.05. The summed E-state index contributed by atoms with van der Waals surface area (Å²) in [4.78, 5) is 11.7. The van der Waals surface area contributed by atoms with Crippen LogP contribution >= 0.6 is 11.6 Å². The Kier molecular flexibility index (Phi) is 6.45. The lowest BCUT2D eigenvalue weighted by Crippen LogP contribution is -2.24. The SMILES string of the molecule is COc1cccc(/C=N/NC(=O)COc2ccccc2Cl)c1OC. The lowest BCUT2D eigenvalue weighted by Gasteiger charge is -2.09. The molecule has 2 aromatic rings. The fraction of sp³-hybridized carbons (Fsp3) is 0.176. The fourth-order valence-corrected chi connectivity index (χ4v) is 2.12. The van der Waals surface area contributed by atoms with E-state index in [2.05, 4.69) is 10.5 Å². The average molecular weight is 349 g/mol. The highest BCUT2D eigenvalue weighted by atomic mass is 35.5. The maximum Gasteiger partial charge on any atom is 0.277 e. The van der Waals surface area contributed by atoms with Gasteiger partial charge in [0.05, 0.1) is 25.5 Å². The number of methoxy groups -OCH3 is 2. The van der Waals surface area contributed by atoms with Crippen LogP contribution in [0.15, 0.2) is 47.6 Å². The van der Waals surface area contributed by atoms with Gasteiger partial charge in [-0.3, -0.25) is 4.79 Å². The van der Waals surface area contributed by atoms with Gasteiger partial charge in [0.25, 0.3) is 5.91 Å². The molecule has 24 heavy (non-hydrogen) atoms. The third-order valence-electron chi connectivity index (χ3n) is 3.02. The molecule has 0 saturated heterocycles. The average Bonchev–Trinajstić information content (AvgIpc) is 2.60. The Morgan fingerprint density at radius 1 is 1.12 bits per heavy atom. The summed E-state index contributed by atoms with van der Waals surface area (Å²) < 4.78 is 15.8. The van der Waals surface area contributed by atoms with Crippen LogP contribution in [0.25, 0.3) is 0 Å². The molecule has 0 aromatic heterocycles. The summed E-state index contributed by atoms with van der Waals surface area (Å²) in [5.74, 6) is 1.14. The second-order valence-electron chi connectivity index (χ2n) is 4.60. The topological polar surface area (TPSA) is 69.2 Å². The van der Waals surface area contributed by atoms with Gasteiger partial charge in [-0.1, -0.05) is 29.8 Å². The Morgan fingerprint density at radius 2 is 1.88 bits per heavy atom. The number of rotatable bonds is 7. The first-order valence-electron chi connectivity index (χ1n) is 7.06. The van der Waals surface area contributed by atoms with E-state index in [0.29, 0.717) is 27.8 Å². The zero-order valence-corrected chi connectivity index (χ0v) is 14.0. The van der Waals surface area contributed by atoms with Crippen molar-refractivity contribution in [3.05, 3.63) is 53.1 Å². The Hall–Kier alpha value is -2.73. The summed E-state index contributed by atoms with van der Waals surface area (Å²) in [6.45, 7) is -0.198. The number of hydrogen-bond acceptors (Lipinski definition) is 5. The van der Waals surface area contributed by atoms with E-state index < -0.39 is 5.91 Å². The number of carbonyl (C=O) groups excluding carboxylic acids is 1. The van der Waals surface area contributed by atoms with Crippen LogP contribution in [0.5, 0.6) is 17.2 Å².